The van der Waals surface area contributed by atoms with Crippen molar-refractivity contribution in [2.24, 2.45) is 0 Å². The fraction of sp³-hybridized carbons (Fsp3) is 0.688. The van der Waals surface area contributed by atoms with Crippen LogP contribution in [0.1, 0.15) is 25.2 Å². The molecule has 0 unspecified atom stereocenters. The highest BCUT2D eigenvalue weighted by atomic mass is 19.4. The molecule has 2 rings (SSSR count). The Labute approximate surface area is 171 Å². The number of carbonyl (C=O) groups is 1. The second-order valence-corrected chi connectivity index (χ2v) is 6.35. The molecule has 1 saturated carbocycles. The van der Waals surface area contributed by atoms with E-state index >= 15 is 0 Å². The van der Waals surface area contributed by atoms with Crippen LogP contribution in [0.25, 0.3) is 0 Å². The van der Waals surface area contributed by atoms with Gasteiger partial charge in [-0.15, -0.1) is 31.4 Å². The number of aryl methyl sites for hydroxylation is 1. The average Bonchev–Trinajstić information content (AvgIpc) is 3.05. The summed E-state index contributed by atoms with van der Waals surface area (Å²) >= 11 is 0. The smallest absolute Gasteiger partial charge is 0.447 e. The molecule has 9 nitrogen and oxygen atoms in total. The molecule has 1 amide bonds. The van der Waals surface area contributed by atoms with Gasteiger partial charge < -0.3 is 19.2 Å². The van der Waals surface area contributed by atoms with Gasteiger partial charge in [-0.1, -0.05) is 11.7 Å². The van der Waals surface area contributed by atoms with Crippen LogP contribution in [0.4, 0.5) is 26.3 Å². The zero-order valence-electron chi connectivity index (χ0n) is 15.9. The normalized spacial score (nSPS) is 19.0. The lowest BCUT2D eigenvalue weighted by Gasteiger charge is -2.34. The summed E-state index contributed by atoms with van der Waals surface area (Å²) in [4.78, 5) is 11.8. The molecule has 0 radical (unpaired) electrons. The van der Waals surface area contributed by atoms with Crippen LogP contribution in [0.2, 0.25) is 0 Å². The van der Waals surface area contributed by atoms with Gasteiger partial charge in [-0.05, 0) is 6.42 Å². The molecule has 0 spiro atoms. The molecule has 15 heteroatoms. The van der Waals surface area contributed by atoms with Gasteiger partial charge in [-0.25, -0.2) is 0 Å². The van der Waals surface area contributed by atoms with E-state index in [4.69, 9.17) is 13.9 Å². The van der Waals surface area contributed by atoms with Crippen molar-refractivity contribution >= 4 is 5.91 Å². The van der Waals surface area contributed by atoms with E-state index in [1.807, 2.05) is 0 Å². The molecule has 1 N–H and O–H groups in total. The summed E-state index contributed by atoms with van der Waals surface area (Å²) in [6.45, 7) is 2.08. The van der Waals surface area contributed by atoms with Crippen LogP contribution in [0.3, 0.4) is 0 Å². The third kappa shape index (κ3) is 10.5. The molecule has 0 aliphatic heterocycles. The lowest BCUT2D eigenvalue weighted by atomic mass is 9.92. The van der Waals surface area contributed by atoms with Crippen LogP contribution in [0.15, 0.2) is 16.7 Å². The highest BCUT2D eigenvalue weighted by Gasteiger charge is 2.40. The summed E-state index contributed by atoms with van der Waals surface area (Å²) in [5.41, 5.74) is 0.291. The summed E-state index contributed by atoms with van der Waals surface area (Å²) in [5, 5.41) is 9.57. The minimum Gasteiger partial charge on any atom is -0.447 e. The van der Waals surface area contributed by atoms with Crippen molar-refractivity contribution in [1.82, 2.24) is 15.5 Å². The number of hydrogen-bond acceptors (Lipinski definition) is 8. The first-order valence-corrected chi connectivity index (χ1v) is 8.89. The Morgan fingerprint density at radius 3 is 2.45 bits per heavy atom. The SMILES string of the molecule is C=C(CCc1nnc(OCCOC(F)(F)F)o1)NC(=O)COC1CC(OC(F)(F)F)C1. The van der Waals surface area contributed by atoms with Gasteiger partial charge in [0, 0.05) is 25.0 Å². The molecule has 176 valence electrons. The number of nitrogens with zero attached hydrogens (tertiary/aromatic N) is 2. The van der Waals surface area contributed by atoms with Crippen molar-refractivity contribution in [3.63, 3.8) is 0 Å². The average molecular weight is 463 g/mol. The van der Waals surface area contributed by atoms with Crippen molar-refractivity contribution in [2.45, 2.75) is 50.6 Å². The molecule has 0 aromatic carbocycles. The van der Waals surface area contributed by atoms with E-state index in [0.29, 0.717) is 5.70 Å². The van der Waals surface area contributed by atoms with Gasteiger partial charge in [0.25, 0.3) is 0 Å². The van der Waals surface area contributed by atoms with Gasteiger partial charge in [-0.3, -0.25) is 14.3 Å². The third-order valence-electron chi connectivity index (χ3n) is 3.78. The fourth-order valence-corrected chi connectivity index (χ4v) is 2.37. The molecule has 1 aliphatic rings. The standard InChI is InChI=1S/C16H19F6N3O6/c1-9(23-12(26)8-28-10-6-11(7-10)31-16(20,21)22)2-3-13-24-25-14(30-13)27-4-5-29-15(17,18)19/h10-11H,1-8H2,(H,23,26). The Kier molecular flexibility index (Phi) is 8.64. The first kappa shape index (κ1) is 24.9. The zero-order chi connectivity index (χ0) is 23.1. The van der Waals surface area contributed by atoms with Gasteiger partial charge in [0.05, 0.1) is 18.8 Å². The number of rotatable bonds is 12. The molecule has 31 heavy (non-hydrogen) atoms. The second-order valence-electron chi connectivity index (χ2n) is 6.35. The van der Waals surface area contributed by atoms with E-state index in [9.17, 15) is 31.1 Å². The molecule has 0 atom stereocenters. The maximum atomic E-state index is 12.0. The molecule has 0 saturated heterocycles. The van der Waals surface area contributed by atoms with Gasteiger partial charge in [0.15, 0.2) is 0 Å². The van der Waals surface area contributed by atoms with Crippen molar-refractivity contribution in [1.29, 1.82) is 0 Å². The molecule has 1 aromatic rings. The minimum absolute atomic E-state index is 0.0393. The fourth-order valence-electron chi connectivity index (χ4n) is 2.37. The van der Waals surface area contributed by atoms with E-state index in [1.165, 1.54) is 0 Å². The maximum Gasteiger partial charge on any atom is 0.522 e. The Balaban J connectivity index is 1.56. The third-order valence-corrected chi connectivity index (χ3v) is 3.78. The van der Waals surface area contributed by atoms with E-state index in [1.54, 1.807) is 0 Å². The van der Waals surface area contributed by atoms with Crippen molar-refractivity contribution < 1.29 is 54.5 Å². The first-order valence-electron chi connectivity index (χ1n) is 8.89. The summed E-state index contributed by atoms with van der Waals surface area (Å²) in [7, 11) is 0. The monoisotopic (exact) mass is 463 g/mol. The van der Waals surface area contributed by atoms with Crippen LogP contribution in [0.5, 0.6) is 6.08 Å². The lowest BCUT2D eigenvalue weighted by molar-refractivity contribution is -0.357. The molecule has 1 aromatic heterocycles. The highest BCUT2D eigenvalue weighted by Crippen LogP contribution is 2.32. The van der Waals surface area contributed by atoms with Gasteiger partial charge >= 0.3 is 18.8 Å². The number of hydrogen-bond donors (Lipinski definition) is 1. The van der Waals surface area contributed by atoms with Crippen molar-refractivity contribution in [3.8, 4) is 6.08 Å². The Bertz CT molecular complexity index is 732. The van der Waals surface area contributed by atoms with E-state index < -0.39 is 44.1 Å². The number of amides is 1. The molecule has 1 fully saturated rings. The number of carbonyl (C=O) groups excluding carboxylic acids is 1. The van der Waals surface area contributed by atoms with E-state index in [-0.39, 0.29) is 44.3 Å². The van der Waals surface area contributed by atoms with Crippen molar-refractivity contribution in [2.75, 3.05) is 19.8 Å². The summed E-state index contributed by atoms with van der Waals surface area (Å²) in [6, 6.07) is 0. The maximum absolute atomic E-state index is 12.0. The Morgan fingerprint density at radius 1 is 1.10 bits per heavy atom. The predicted octanol–water partition coefficient (Wildman–Crippen LogP) is 2.63. The highest BCUT2D eigenvalue weighted by molar-refractivity contribution is 5.78. The number of allylic oxidation sites excluding steroid dienone is 1. The number of ether oxygens (including phenoxy) is 4. The molecule has 0 bridgehead atoms. The van der Waals surface area contributed by atoms with Crippen LogP contribution >= 0.6 is 0 Å². The number of nitrogens with one attached hydrogen (secondary N) is 1. The van der Waals surface area contributed by atoms with E-state index in [0.717, 1.165) is 0 Å². The molecular weight excluding hydrogens is 444 g/mol. The van der Waals surface area contributed by atoms with Crippen LogP contribution in [-0.2, 0) is 25.4 Å². The predicted molar refractivity (Wildman–Crippen MR) is 87.3 cm³/mol. The summed E-state index contributed by atoms with van der Waals surface area (Å²) < 4.78 is 93.9. The van der Waals surface area contributed by atoms with Gasteiger partial charge in [0.2, 0.25) is 11.8 Å². The number of alkyl halides is 6. The summed E-state index contributed by atoms with van der Waals surface area (Å²) in [5.74, 6) is -0.437. The molecule has 1 heterocycles. The second kappa shape index (κ2) is 10.8. The van der Waals surface area contributed by atoms with Gasteiger partial charge in [0.1, 0.15) is 13.2 Å². The van der Waals surface area contributed by atoms with Crippen LogP contribution in [-0.4, -0.2) is 60.9 Å². The Hall–Kier alpha value is -2.39. The zero-order valence-corrected chi connectivity index (χ0v) is 15.9. The quantitative estimate of drug-likeness (QED) is 0.373. The minimum atomic E-state index is -4.76. The largest absolute Gasteiger partial charge is 0.522 e. The van der Waals surface area contributed by atoms with Crippen LogP contribution < -0.4 is 10.1 Å². The topological polar surface area (TPSA) is 105 Å². The Morgan fingerprint density at radius 2 is 1.81 bits per heavy atom. The lowest BCUT2D eigenvalue weighted by Crippen LogP contribution is -2.42. The molecule has 1 aliphatic carbocycles. The molecular formula is C16H19F6N3O6. The first-order chi connectivity index (χ1) is 14.4. The summed E-state index contributed by atoms with van der Waals surface area (Å²) in [6.07, 6.45) is -10.8. The van der Waals surface area contributed by atoms with Gasteiger partial charge in [-0.2, -0.15) is 0 Å². The number of aromatic nitrogens is 2. The number of halogens is 6. The van der Waals surface area contributed by atoms with E-state index in [2.05, 4.69) is 31.6 Å². The van der Waals surface area contributed by atoms with Crippen LogP contribution in [0, 0.1) is 0 Å². The van der Waals surface area contributed by atoms with Crippen molar-refractivity contribution in [3.05, 3.63) is 18.2 Å².